The Hall–Kier alpha value is -1.68. The zero-order chi connectivity index (χ0) is 12.6. The molecular formula is C14H14N2OS. The van der Waals surface area contributed by atoms with Crippen molar-refractivity contribution >= 4 is 16.8 Å². The molecule has 3 rings (SSSR count). The number of hydrazone groups is 1. The van der Waals surface area contributed by atoms with Crippen molar-refractivity contribution in [3.05, 3.63) is 59.5 Å². The van der Waals surface area contributed by atoms with Crippen molar-refractivity contribution in [2.75, 3.05) is 0 Å². The highest BCUT2D eigenvalue weighted by Gasteiger charge is 2.37. The maximum absolute atomic E-state index is 5.70. The van der Waals surface area contributed by atoms with Gasteiger partial charge < -0.3 is 4.42 Å². The van der Waals surface area contributed by atoms with Crippen molar-refractivity contribution in [2.45, 2.75) is 18.7 Å². The van der Waals surface area contributed by atoms with Crippen LogP contribution in [0.3, 0.4) is 0 Å². The number of hydrogen-bond acceptors (Lipinski definition) is 4. The van der Waals surface area contributed by atoms with Crippen LogP contribution in [0.4, 0.5) is 0 Å². The molecule has 18 heavy (non-hydrogen) atoms. The molecule has 1 aromatic carbocycles. The molecule has 0 aliphatic carbocycles. The van der Waals surface area contributed by atoms with Gasteiger partial charge in [0.15, 0.2) is 4.87 Å². The fraction of sp³-hybridized carbons (Fsp3) is 0.214. The average molecular weight is 258 g/mol. The summed E-state index contributed by atoms with van der Waals surface area (Å²) in [7, 11) is 0. The SMILES string of the molecule is Cc1ccc([C@@]2(C)NN=C(c3ccccc3)S2)o1. The number of benzene rings is 1. The van der Waals surface area contributed by atoms with Crippen molar-refractivity contribution < 1.29 is 4.42 Å². The van der Waals surface area contributed by atoms with Crippen molar-refractivity contribution in [1.82, 2.24) is 5.43 Å². The molecule has 2 aromatic rings. The van der Waals surface area contributed by atoms with Gasteiger partial charge in [0.2, 0.25) is 0 Å². The summed E-state index contributed by atoms with van der Waals surface area (Å²) in [4.78, 5) is -0.320. The average Bonchev–Trinajstić information content (AvgIpc) is 2.98. The molecule has 0 bridgehead atoms. The molecule has 4 heteroatoms. The van der Waals surface area contributed by atoms with E-state index < -0.39 is 0 Å². The largest absolute Gasteiger partial charge is 0.463 e. The maximum Gasteiger partial charge on any atom is 0.160 e. The van der Waals surface area contributed by atoms with E-state index in [1.807, 2.05) is 37.3 Å². The minimum atomic E-state index is -0.320. The van der Waals surface area contributed by atoms with E-state index in [4.69, 9.17) is 4.42 Å². The molecule has 0 fully saturated rings. The molecule has 0 spiro atoms. The van der Waals surface area contributed by atoms with Crippen LogP contribution >= 0.6 is 11.8 Å². The van der Waals surface area contributed by atoms with Crippen molar-refractivity contribution in [1.29, 1.82) is 0 Å². The molecule has 0 radical (unpaired) electrons. The highest BCUT2D eigenvalue weighted by molar-refractivity contribution is 8.15. The first-order chi connectivity index (χ1) is 8.67. The first kappa shape index (κ1) is 11.4. The molecule has 0 amide bonds. The lowest BCUT2D eigenvalue weighted by Gasteiger charge is -2.19. The molecule has 0 unspecified atom stereocenters. The quantitative estimate of drug-likeness (QED) is 0.896. The van der Waals surface area contributed by atoms with Gasteiger partial charge in [-0.05, 0) is 26.0 Å². The van der Waals surface area contributed by atoms with Gasteiger partial charge in [0.25, 0.3) is 0 Å². The normalized spacial score (nSPS) is 22.7. The summed E-state index contributed by atoms with van der Waals surface area (Å²) in [6.45, 7) is 4.03. The summed E-state index contributed by atoms with van der Waals surface area (Å²) < 4.78 is 5.70. The number of hydrogen-bond donors (Lipinski definition) is 1. The first-order valence-electron chi connectivity index (χ1n) is 5.84. The van der Waals surface area contributed by atoms with Crippen LogP contribution in [0.25, 0.3) is 0 Å². The van der Waals surface area contributed by atoms with Crippen LogP contribution in [0.15, 0.2) is 52.0 Å². The van der Waals surface area contributed by atoms with Gasteiger partial charge in [0.05, 0.1) is 0 Å². The number of nitrogens with zero attached hydrogens (tertiary/aromatic N) is 1. The topological polar surface area (TPSA) is 37.5 Å². The van der Waals surface area contributed by atoms with Crippen LogP contribution in [-0.2, 0) is 4.87 Å². The Morgan fingerprint density at radius 2 is 1.94 bits per heavy atom. The van der Waals surface area contributed by atoms with E-state index in [2.05, 4.69) is 29.6 Å². The van der Waals surface area contributed by atoms with E-state index >= 15 is 0 Å². The van der Waals surface area contributed by atoms with E-state index in [1.165, 1.54) is 0 Å². The van der Waals surface area contributed by atoms with Crippen LogP contribution < -0.4 is 5.43 Å². The molecule has 3 nitrogen and oxygen atoms in total. The zero-order valence-electron chi connectivity index (χ0n) is 10.3. The Morgan fingerprint density at radius 1 is 1.17 bits per heavy atom. The number of aryl methyl sites for hydroxylation is 1. The van der Waals surface area contributed by atoms with Crippen molar-refractivity contribution in [3.8, 4) is 0 Å². The van der Waals surface area contributed by atoms with Gasteiger partial charge in [0, 0.05) is 5.56 Å². The van der Waals surface area contributed by atoms with E-state index in [-0.39, 0.29) is 4.87 Å². The van der Waals surface area contributed by atoms with Crippen molar-refractivity contribution in [3.63, 3.8) is 0 Å². The molecule has 1 aliphatic heterocycles. The zero-order valence-corrected chi connectivity index (χ0v) is 11.1. The summed E-state index contributed by atoms with van der Waals surface area (Å²) in [5, 5.41) is 5.41. The second-order valence-electron chi connectivity index (χ2n) is 4.44. The second-order valence-corrected chi connectivity index (χ2v) is 5.85. The Kier molecular flexibility index (Phi) is 2.67. The number of nitrogens with one attached hydrogen (secondary N) is 1. The molecule has 2 heterocycles. The predicted molar refractivity (Wildman–Crippen MR) is 74.5 cm³/mol. The summed E-state index contributed by atoms with van der Waals surface area (Å²) >= 11 is 1.68. The highest BCUT2D eigenvalue weighted by atomic mass is 32.2. The lowest BCUT2D eigenvalue weighted by atomic mass is 10.2. The lowest BCUT2D eigenvalue weighted by molar-refractivity contribution is 0.401. The van der Waals surface area contributed by atoms with Crippen LogP contribution in [0.1, 0.15) is 24.0 Å². The molecule has 1 N–H and O–H groups in total. The molecule has 92 valence electrons. The van der Waals surface area contributed by atoms with Crippen LogP contribution in [0.5, 0.6) is 0 Å². The minimum absolute atomic E-state index is 0.320. The van der Waals surface area contributed by atoms with Gasteiger partial charge in [0.1, 0.15) is 16.6 Å². The van der Waals surface area contributed by atoms with Gasteiger partial charge in [-0.1, -0.05) is 42.1 Å². The smallest absolute Gasteiger partial charge is 0.160 e. The number of furan rings is 1. The van der Waals surface area contributed by atoms with E-state index in [0.29, 0.717) is 0 Å². The van der Waals surface area contributed by atoms with Crippen LogP contribution in [0.2, 0.25) is 0 Å². The Balaban J connectivity index is 1.86. The summed E-state index contributed by atoms with van der Waals surface area (Å²) in [5.41, 5.74) is 4.30. The van der Waals surface area contributed by atoms with Gasteiger partial charge in [-0.15, -0.1) is 0 Å². The summed E-state index contributed by atoms with van der Waals surface area (Å²) in [5.74, 6) is 1.82. The third-order valence-electron chi connectivity index (χ3n) is 2.90. The molecular weight excluding hydrogens is 244 g/mol. The van der Waals surface area contributed by atoms with Gasteiger partial charge in [-0.25, -0.2) is 0 Å². The summed E-state index contributed by atoms with van der Waals surface area (Å²) in [6, 6.07) is 14.1. The van der Waals surface area contributed by atoms with Gasteiger partial charge in [-0.3, -0.25) is 5.43 Å². The second kappa shape index (κ2) is 4.21. The fourth-order valence-corrected chi connectivity index (χ4v) is 2.93. The van der Waals surface area contributed by atoms with E-state index in [0.717, 1.165) is 22.1 Å². The Labute approximate surface area is 110 Å². The summed E-state index contributed by atoms with van der Waals surface area (Å²) in [6.07, 6.45) is 0. The minimum Gasteiger partial charge on any atom is -0.463 e. The van der Waals surface area contributed by atoms with E-state index in [1.54, 1.807) is 11.8 Å². The molecule has 0 saturated carbocycles. The first-order valence-corrected chi connectivity index (χ1v) is 6.65. The third-order valence-corrected chi connectivity index (χ3v) is 4.12. The van der Waals surface area contributed by atoms with Gasteiger partial charge in [-0.2, -0.15) is 5.10 Å². The van der Waals surface area contributed by atoms with E-state index in [9.17, 15) is 0 Å². The molecule has 1 aromatic heterocycles. The number of rotatable bonds is 2. The molecule has 0 saturated heterocycles. The fourth-order valence-electron chi connectivity index (χ4n) is 1.90. The number of thioether (sulfide) groups is 1. The standard InChI is InChI=1S/C14H14N2OS/c1-10-8-9-12(17-10)14(2)16-15-13(18-14)11-6-4-3-5-7-11/h3-9,16H,1-2H3/t14-/m0/s1. The highest BCUT2D eigenvalue weighted by Crippen LogP contribution is 2.40. The van der Waals surface area contributed by atoms with Gasteiger partial charge >= 0.3 is 0 Å². The monoisotopic (exact) mass is 258 g/mol. The third kappa shape index (κ3) is 1.93. The van der Waals surface area contributed by atoms with Crippen molar-refractivity contribution in [2.24, 2.45) is 5.10 Å². The Morgan fingerprint density at radius 3 is 2.61 bits per heavy atom. The predicted octanol–water partition coefficient (Wildman–Crippen LogP) is 3.46. The maximum atomic E-state index is 5.70. The lowest BCUT2D eigenvalue weighted by Crippen LogP contribution is -2.28. The molecule has 1 atom stereocenters. The Bertz CT molecular complexity index is 591. The molecule has 1 aliphatic rings. The van der Waals surface area contributed by atoms with Crippen LogP contribution in [-0.4, -0.2) is 5.04 Å². The van der Waals surface area contributed by atoms with Crippen LogP contribution in [0, 0.1) is 6.92 Å².